The van der Waals surface area contributed by atoms with Gasteiger partial charge in [0.1, 0.15) is 0 Å². The van der Waals surface area contributed by atoms with Crippen molar-refractivity contribution in [2.24, 2.45) is 10.2 Å². The fourth-order valence-electron chi connectivity index (χ4n) is 3.75. The number of pyridine rings is 2. The molecule has 0 amide bonds. The van der Waals surface area contributed by atoms with Crippen LogP contribution in [0.5, 0.6) is 0 Å². The average molecular weight is 514 g/mol. The molecule has 9 nitrogen and oxygen atoms in total. The van der Waals surface area contributed by atoms with Gasteiger partial charge in [-0.05, 0) is 61.4 Å². The standard InChI is InChI=1S/C30H27N9/c1-21(23-11-15-31-16-12-23)36-38-28-20-29(39-37-22(2)24-13-17-32-18-14-24)35-30(34-28)33-27-10-6-9-26(19-27)25-7-4-3-5-8-25/h3-20H,1-2H3,(H3,33,34,35,38,39). The topological polar surface area (TPSA) is 112 Å². The maximum absolute atomic E-state index is 4.63. The van der Waals surface area contributed by atoms with Crippen LogP contribution < -0.4 is 16.2 Å². The Hall–Kier alpha value is -5.44. The molecule has 0 saturated heterocycles. The molecule has 0 fully saturated rings. The third-order valence-corrected chi connectivity index (χ3v) is 5.82. The van der Waals surface area contributed by atoms with Gasteiger partial charge in [0, 0.05) is 47.7 Å². The van der Waals surface area contributed by atoms with E-state index in [9.17, 15) is 0 Å². The molecule has 3 N–H and O–H groups in total. The van der Waals surface area contributed by atoms with Crippen molar-refractivity contribution in [1.82, 2.24) is 19.9 Å². The van der Waals surface area contributed by atoms with Crippen molar-refractivity contribution in [3.8, 4) is 11.1 Å². The smallest absolute Gasteiger partial charge is 0.231 e. The third-order valence-electron chi connectivity index (χ3n) is 5.82. The maximum Gasteiger partial charge on any atom is 0.231 e. The Kier molecular flexibility index (Phi) is 7.89. The Morgan fingerprint density at radius 1 is 0.590 bits per heavy atom. The Labute approximate surface area is 226 Å². The van der Waals surface area contributed by atoms with E-state index >= 15 is 0 Å². The lowest BCUT2D eigenvalue weighted by Gasteiger charge is -2.11. The first-order valence-electron chi connectivity index (χ1n) is 12.4. The van der Waals surface area contributed by atoms with E-state index in [1.165, 1.54) is 0 Å². The van der Waals surface area contributed by atoms with Crippen LogP contribution in [0.25, 0.3) is 11.1 Å². The molecule has 0 aliphatic heterocycles. The number of nitrogens with one attached hydrogen (secondary N) is 3. The normalized spacial score (nSPS) is 11.6. The zero-order chi connectivity index (χ0) is 26.9. The van der Waals surface area contributed by atoms with E-state index in [0.717, 1.165) is 39.4 Å². The molecule has 3 aromatic heterocycles. The molecule has 5 rings (SSSR count). The van der Waals surface area contributed by atoms with E-state index in [1.54, 1.807) is 30.9 Å². The summed E-state index contributed by atoms with van der Waals surface area (Å²) in [6, 6.07) is 27.6. The van der Waals surface area contributed by atoms with Crippen molar-refractivity contribution >= 4 is 34.7 Å². The molecule has 0 aliphatic rings. The summed E-state index contributed by atoms with van der Waals surface area (Å²) in [5, 5.41) is 12.3. The Morgan fingerprint density at radius 2 is 1.13 bits per heavy atom. The van der Waals surface area contributed by atoms with Gasteiger partial charge in [-0.25, -0.2) is 0 Å². The van der Waals surface area contributed by atoms with Gasteiger partial charge in [0.2, 0.25) is 5.95 Å². The minimum absolute atomic E-state index is 0.390. The highest BCUT2D eigenvalue weighted by Crippen LogP contribution is 2.25. The fourth-order valence-corrected chi connectivity index (χ4v) is 3.75. The highest BCUT2D eigenvalue weighted by Gasteiger charge is 2.08. The van der Waals surface area contributed by atoms with Gasteiger partial charge in [0.25, 0.3) is 0 Å². The summed E-state index contributed by atoms with van der Waals surface area (Å²) in [6.45, 7) is 3.83. The van der Waals surface area contributed by atoms with Gasteiger partial charge in [-0.15, -0.1) is 0 Å². The number of hydrogen-bond acceptors (Lipinski definition) is 9. The Bertz CT molecular complexity index is 1510. The van der Waals surface area contributed by atoms with Gasteiger partial charge in [-0.3, -0.25) is 20.8 Å². The number of nitrogens with zero attached hydrogens (tertiary/aromatic N) is 6. The lowest BCUT2D eigenvalue weighted by atomic mass is 10.1. The van der Waals surface area contributed by atoms with Gasteiger partial charge in [0.05, 0.1) is 11.4 Å². The van der Waals surface area contributed by atoms with Crippen molar-refractivity contribution in [2.75, 3.05) is 16.2 Å². The maximum atomic E-state index is 4.63. The lowest BCUT2D eigenvalue weighted by molar-refractivity contribution is 1.12. The van der Waals surface area contributed by atoms with Gasteiger partial charge in [-0.2, -0.15) is 20.2 Å². The molecule has 0 bridgehead atoms. The predicted octanol–water partition coefficient (Wildman–Crippen LogP) is 6.35. The van der Waals surface area contributed by atoms with E-state index < -0.39 is 0 Å². The van der Waals surface area contributed by atoms with Crippen molar-refractivity contribution in [2.45, 2.75) is 13.8 Å². The van der Waals surface area contributed by atoms with Crippen LogP contribution in [0.2, 0.25) is 0 Å². The second-order valence-corrected chi connectivity index (χ2v) is 8.62. The van der Waals surface area contributed by atoms with Crippen LogP contribution in [0.4, 0.5) is 23.3 Å². The predicted molar refractivity (Wildman–Crippen MR) is 157 cm³/mol. The number of benzene rings is 2. The number of hydrogen-bond donors (Lipinski definition) is 3. The number of rotatable bonds is 9. The molecule has 0 spiro atoms. The summed E-state index contributed by atoms with van der Waals surface area (Å²) in [6.07, 6.45) is 6.93. The van der Waals surface area contributed by atoms with Gasteiger partial charge in [0.15, 0.2) is 11.6 Å². The van der Waals surface area contributed by atoms with Crippen LogP contribution >= 0.6 is 0 Å². The number of anilines is 4. The SMILES string of the molecule is CC(=NNc1cc(NN=C(C)c2ccncc2)nc(Nc2cccc(-c3ccccc3)c2)n1)c1ccncc1. The number of hydrazone groups is 2. The third kappa shape index (κ3) is 6.86. The molecule has 0 unspecified atom stereocenters. The van der Waals surface area contributed by atoms with Crippen LogP contribution in [0, 0.1) is 0 Å². The van der Waals surface area contributed by atoms with Gasteiger partial charge < -0.3 is 5.32 Å². The van der Waals surface area contributed by atoms with Gasteiger partial charge in [-0.1, -0.05) is 42.5 Å². The average Bonchev–Trinajstić information content (AvgIpc) is 3.00. The van der Waals surface area contributed by atoms with Crippen LogP contribution in [-0.4, -0.2) is 31.4 Å². The van der Waals surface area contributed by atoms with E-state index in [0.29, 0.717) is 17.6 Å². The first kappa shape index (κ1) is 25.2. The summed E-state index contributed by atoms with van der Waals surface area (Å²) < 4.78 is 0. The molecule has 3 heterocycles. The molecule has 9 heteroatoms. The van der Waals surface area contributed by atoms with Crippen molar-refractivity contribution in [3.05, 3.63) is 121 Å². The quantitative estimate of drug-likeness (QED) is 0.155. The lowest BCUT2D eigenvalue weighted by Crippen LogP contribution is -2.06. The molecule has 0 saturated carbocycles. The summed E-state index contributed by atoms with van der Waals surface area (Å²) in [5.74, 6) is 1.39. The van der Waals surface area contributed by atoms with E-state index in [2.05, 4.69) is 70.6 Å². The van der Waals surface area contributed by atoms with Crippen molar-refractivity contribution in [3.63, 3.8) is 0 Å². The molecule has 0 aliphatic carbocycles. The summed E-state index contributed by atoms with van der Waals surface area (Å²) in [7, 11) is 0. The van der Waals surface area contributed by atoms with Crippen LogP contribution in [-0.2, 0) is 0 Å². The molecular weight excluding hydrogens is 486 g/mol. The minimum atomic E-state index is 0.390. The molecule has 39 heavy (non-hydrogen) atoms. The summed E-state index contributed by atoms with van der Waals surface area (Å²) in [4.78, 5) is 17.4. The molecule has 5 aromatic rings. The monoisotopic (exact) mass is 513 g/mol. The molecule has 0 radical (unpaired) electrons. The highest BCUT2D eigenvalue weighted by molar-refractivity contribution is 5.99. The second-order valence-electron chi connectivity index (χ2n) is 8.62. The fraction of sp³-hybridized carbons (Fsp3) is 0.0667. The molecular formula is C30H27N9. The summed E-state index contributed by atoms with van der Waals surface area (Å²) >= 11 is 0. The Balaban J connectivity index is 1.42. The van der Waals surface area contributed by atoms with Crippen LogP contribution in [0.3, 0.4) is 0 Å². The molecule has 0 atom stereocenters. The van der Waals surface area contributed by atoms with Crippen LogP contribution in [0.15, 0.2) is 120 Å². The zero-order valence-corrected chi connectivity index (χ0v) is 21.6. The zero-order valence-electron chi connectivity index (χ0n) is 21.6. The van der Waals surface area contributed by atoms with Crippen molar-refractivity contribution in [1.29, 1.82) is 0 Å². The summed E-state index contributed by atoms with van der Waals surface area (Å²) in [5.41, 5.74) is 12.7. The molecule has 192 valence electrons. The van der Waals surface area contributed by atoms with Crippen molar-refractivity contribution < 1.29 is 0 Å². The second kappa shape index (κ2) is 12.2. The largest absolute Gasteiger partial charge is 0.324 e. The van der Waals surface area contributed by atoms with E-state index in [1.807, 2.05) is 68.4 Å². The van der Waals surface area contributed by atoms with E-state index in [-0.39, 0.29) is 0 Å². The van der Waals surface area contributed by atoms with Gasteiger partial charge >= 0.3 is 0 Å². The van der Waals surface area contributed by atoms with E-state index in [4.69, 9.17) is 0 Å². The Morgan fingerprint density at radius 3 is 1.69 bits per heavy atom. The first-order chi connectivity index (χ1) is 19.1. The molecule has 2 aromatic carbocycles. The number of aromatic nitrogens is 4. The highest BCUT2D eigenvalue weighted by atomic mass is 15.4. The van der Waals surface area contributed by atoms with Crippen LogP contribution in [0.1, 0.15) is 25.0 Å². The first-order valence-corrected chi connectivity index (χ1v) is 12.4. The minimum Gasteiger partial charge on any atom is -0.324 e.